The normalized spacial score (nSPS) is 29.0. The van der Waals surface area contributed by atoms with Crippen molar-refractivity contribution >= 4 is 11.3 Å². The third-order valence-corrected chi connectivity index (χ3v) is 4.74. The van der Waals surface area contributed by atoms with Crippen LogP contribution in [0.4, 0.5) is 0 Å². The zero-order valence-corrected chi connectivity index (χ0v) is 9.90. The lowest BCUT2D eigenvalue weighted by atomic mass is 9.81. The summed E-state index contributed by atoms with van der Waals surface area (Å²) in [5.74, 6) is 0. The zero-order chi connectivity index (χ0) is 10.3. The summed E-state index contributed by atoms with van der Waals surface area (Å²) in [6.45, 7) is 4.09. The van der Waals surface area contributed by atoms with E-state index in [1.165, 1.54) is 6.42 Å². The smallest absolute Gasteiger partial charge is 0.0577 e. The van der Waals surface area contributed by atoms with Crippen LogP contribution in [0.15, 0.2) is 11.4 Å². The molecule has 2 nitrogen and oxygen atoms in total. The number of hydrogen-bond donors (Lipinski definition) is 1. The fourth-order valence-corrected chi connectivity index (χ4v) is 4.09. The third-order valence-electron chi connectivity index (χ3n) is 3.58. The van der Waals surface area contributed by atoms with Crippen LogP contribution in [0.1, 0.15) is 30.2 Å². The minimum atomic E-state index is 0.236. The molecule has 1 aromatic rings. The van der Waals surface area contributed by atoms with Crippen molar-refractivity contribution in [1.82, 2.24) is 5.32 Å². The number of rotatable bonds is 0. The van der Waals surface area contributed by atoms with Crippen molar-refractivity contribution in [2.45, 2.75) is 37.8 Å². The molecule has 0 aromatic carbocycles. The lowest BCUT2D eigenvalue weighted by Gasteiger charge is -2.43. The Morgan fingerprint density at radius 3 is 3.07 bits per heavy atom. The summed E-state index contributed by atoms with van der Waals surface area (Å²) in [7, 11) is 0. The number of fused-ring (bicyclic) bond motifs is 2. The summed E-state index contributed by atoms with van der Waals surface area (Å²) >= 11 is 1.91. The Hall–Kier alpha value is -0.380. The van der Waals surface area contributed by atoms with Gasteiger partial charge in [0.2, 0.25) is 0 Å². The van der Waals surface area contributed by atoms with Crippen LogP contribution < -0.4 is 5.32 Å². The standard InChI is InChI=1S/C12H17NOS/c1-9-8-10-2-7-15-11(10)12(13-9)3-5-14-6-4-12/h2,7,9,13H,3-6,8H2,1H3. The summed E-state index contributed by atoms with van der Waals surface area (Å²) in [5.41, 5.74) is 1.80. The Morgan fingerprint density at radius 1 is 1.47 bits per heavy atom. The molecule has 3 heterocycles. The van der Waals surface area contributed by atoms with Crippen molar-refractivity contribution in [2.24, 2.45) is 0 Å². The van der Waals surface area contributed by atoms with Crippen molar-refractivity contribution in [2.75, 3.05) is 13.2 Å². The fourth-order valence-electron chi connectivity index (χ4n) is 2.93. The average molecular weight is 223 g/mol. The monoisotopic (exact) mass is 223 g/mol. The van der Waals surface area contributed by atoms with Crippen LogP contribution in [0.5, 0.6) is 0 Å². The highest BCUT2D eigenvalue weighted by molar-refractivity contribution is 7.10. The Bertz CT molecular complexity index is 354. The van der Waals surface area contributed by atoms with Crippen molar-refractivity contribution in [1.29, 1.82) is 0 Å². The van der Waals surface area contributed by atoms with E-state index in [4.69, 9.17) is 4.74 Å². The number of ether oxygens (including phenoxy) is 1. The second kappa shape index (κ2) is 3.58. The lowest BCUT2D eigenvalue weighted by Crippen LogP contribution is -2.53. The van der Waals surface area contributed by atoms with E-state index in [9.17, 15) is 0 Å². The van der Waals surface area contributed by atoms with Crippen molar-refractivity contribution < 1.29 is 4.74 Å². The van der Waals surface area contributed by atoms with Gasteiger partial charge in [0.1, 0.15) is 0 Å². The van der Waals surface area contributed by atoms with Gasteiger partial charge in [-0.15, -0.1) is 11.3 Å². The quantitative estimate of drug-likeness (QED) is 0.728. The van der Waals surface area contributed by atoms with E-state index in [1.807, 2.05) is 11.3 Å². The van der Waals surface area contributed by atoms with Gasteiger partial charge in [-0.2, -0.15) is 0 Å². The maximum Gasteiger partial charge on any atom is 0.0577 e. The van der Waals surface area contributed by atoms with Gasteiger partial charge in [0.05, 0.1) is 5.54 Å². The van der Waals surface area contributed by atoms with Crippen molar-refractivity contribution in [3.05, 3.63) is 21.9 Å². The molecule has 2 aliphatic heterocycles. The minimum Gasteiger partial charge on any atom is -0.381 e. The number of thiophene rings is 1. The molecule has 0 saturated carbocycles. The maximum absolute atomic E-state index is 5.49. The molecule has 1 aromatic heterocycles. The molecule has 0 bridgehead atoms. The first-order valence-electron chi connectivity index (χ1n) is 5.72. The first-order chi connectivity index (χ1) is 7.30. The molecular weight excluding hydrogens is 206 g/mol. The van der Waals surface area contributed by atoms with Crippen molar-refractivity contribution in [3.8, 4) is 0 Å². The molecule has 3 heteroatoms. The Kier molecular flexibility index (Phi) is 2.34. The third kappa shape index (κ3) is 1.53. The molecule has 15 heavy (non-hydrogen) atoms. The van der Waals surface area contributed by atoms with E-state index in [0.717, 1.165) is 26.1 Å². The van der Waals surface area contributed by atoms with Gasteiger partial charge in [0.15, 0.2) is 0 Å². The number of hydrogen-bond acceptors (Lipinski definition) is 3. The Morgan fingerprint density at radius 2 is 2.27 bits per heavy atom. The van der Waals surface area contributed by atoms with E-state index in [-0.39, 0.29) is 5.54 Å². The minimum absolute atomic E-state index is 0.236. The lowest BCUT2D eigenvalue weighted by molar-refractivity contribution is 0.0304. The first kappa shape index (κ1) is 9.82. The van der Waals surface area contributed by atoms with Crippen molar-refractivity contribution in [3.63, 3.8) is 0 Å². The van der Waals surface area contributed by atoms with Crippen LogP contribution >= 0.6 is 11.3 Å². The molecule has 1 saturated heterocycles. The van der Waals surface area contributed by atoms with Gasteiger partial charge in [0.25, 0.3) is 0 Å². The zero-order valence-electron chi connectivity index (χ0n) is 9.08. The van der Waals surface area contributed by atoms with E-state index in [2.05, 4.69) is 23.7 Å². The van der Waals surface area contributed by atoms with E-state index < -0.39 is 0 Å². The molecule has 1 N–H and O–H groups in total. The van der Waals surface area contributed by atoms with Gasteiger partial charge >= 0.3 is 0 Å². The number of nitrogens with one attached hydrogen (secondary N) is 1. The van der Waals surface area contributed by atoms with Crippen LogP contribution in [-0.4, -0.2) is 19.3 Å². The van der Waals surface area contributed by atoms with Crippen LogP contribution in [0.2, 0.25) is 0 Å². The molecule has 1 atom stereocenters. The largest absolute Gasteiger partial charge is 0.381 e. The predicted octanol–water partition coefficient (Wildman–Crippen LogP) is 2.29. The highest BCUT2D eigenvalue weighted by Gasteiger charge is 2.40. The van der Waals surface area contributed by atoms with E-state index >= 15 is 0 Å². The second-order valence-corrected chi connectivity index (χ2v) is 5.64. The van der Waals surface area contributed by atoms with Crippen LogP contribution in [-0.2, 0) is 16.7 Å². The highest BCUT2D eigenvalue weighted by Crippen LogP contribution is 2.41. The summed E-state index contributed by atoms with van der Waals surface area (Å²) in [4.78, 5) is 1.57. The molecule has 3 rings (SSSR count). The second-order valence-electron chi connectivity index (χ2n) is 4.72. The van der Waals surface area contributed by atoms with Crippen LogP contribution in [0.25, 0.3) is 0 Å². The SMILES string of the molecule is CC1Cc2ccsc2C2(CCOCC2)N1. The predicted molar refractivity (Wildman–Crippen MR) is 62.4 cm³/mol. The first-order valence-corrected chi connectivity index (χ1v) is 6.60. The molecule has 1 unspecified atom stereocenters. The average Bonchev–Trinajstić information content (AvgIpc) is 2.67. The molecule has 0 amide bonds. The molecule has 0 radical (unpaired) electrons. The van der Waals surface area contributed by atoms with Gasteiger partial charge in [-0.25, -0.2) is 0 Å². The summed E-state index contributed by atoms with van der Waals surface area (Å²) in [5, 5.41) is 6.04. The summed E-state index contributed by atoms with van der Waals surface area (Å²) in [6, 6.07) is 2.90. The summed E-state index contributed by atoms with van der Waals surface area (Å²) < 4.78 is 5.49. The summed E-state index contributed by atoms with van der Waals surface area (Å²) in [6.07, 6.45) is 3.44. The van der Waals surface area contributed by atoms with Gasteiger partial charge in [-0.1, -0.05) is 0 Å². The van der Waals surface area contributed by atoms with Gasteiger partial charge in [-0.3, -0.25) is 0 Å². The molecular formula is C12H17NOS. The Balaban J connectivity index is 2.02. The fraction of sp³-hybridized carbons (Fsp3) is 0.667. The van der Waals surface area contributed by atoms with E-state index in [0.29, 0.717) is 6.04 Å². The van der Waals surface area contributed by atoms with Crippen LogP contribution in [0, 0.1) is 0 Å². The van der Waals surface area contributed by atoms with E-state index in [1.54, 1.807) is 10.4 Å². The van der Waals surface area contributed by atoms with Gasteiger partial charge in [0, 0.05) is 24.1 Å². The molecule has 1 spiro atoms. The molecule has 0 aliphatic carbocycles. The molecule has 1 fully saturated rings. The van der Waals surface area contributed by atoms with Crippen LogP contribution in [0.3, 0.4) is 0 Å². The highest BCUT2D eigenvalue weighted by atomic mass is 32.1. The molecule has 82 valence electrons. The Labute approximate surface area is 94.6 Å². The van der Waals surface area contributed by atoms with Gasteiger partial charge in [-0.05, 0) is 43.2 Å². The maximum atomic E-state index is 5.49. The molecule has 2 aliphatic rings. The van der Waals surface area contributed by atoms with Gasteiger partial charge < -0.3 is 10.1 Å². The topological polar surface area (TPSA) is 21.3 Å².